The smallest absolute Gasteiger partial charge is 0.315 e. The summed E-state index contributed by atoms with van der Waals surface area (Å²) in [7, 11) is 0. The predicted molar refractivity (Wildman–Crippen MR) is 102 cm³/mol. The van der Waals surface area contributed by atoms with Crippen molar-refractivity contribution in [2.45, 2.75) is 19.4 Å². The Balaban J connectivity index is 1.36. The highest BCUT2D eigenvalue weighted by molar-refractivity contribution is 5.79. The number of nitrogens with one attached hydrogen (secondary N) is 2. The molecular weight excluding hydrogens is 326 g/mol. The number of hydrogen-bond acceptors (Lipinski definition) is 2. The zero-order valence-electron chi connectivity index (χ0n) is 14.9. The zero-order chi connectivity index (χ0) is 18.2. The lowest BCUT2D eigenvalue weighted by atomic mass is 10.1. The number of rotatable bonds is 7. The summed E-state index contributed by atoms with van der Waals surface area (Å²) in [5.41, 5.74) is 2.30. The van der Waals surface area contributed by atoms with Gasteiger partial charge >= 0.3 is 6.03 Å². The molecular formula is C21H25N3O2. The molecule has 1 unspecified atom stereocenters. The maximum atomic E-state index is 12.2. The van der Waals surface area contributed by atoms with Gasteiger partial charge in [0.15, 0.2) is 0 Å². The number of carbonyl (C=O) groups excluding carboxylic acids is 2. The van der Waals surface area contributed by atoms with E-state index >= 15 is 0 Å². The monoisotopic (exact) mass is 351 g/mol. The first-order chi connectivity index (χ1) is 12.7. The molecule has 0 bridgehead atoms. The lowest BCUT2D eigenvalue weighted by molar-refractivity contribution is -0.127. The van der Waals surface area contributed by atoms with Gasteiger partial charge in [0.05, 0.1) is 0 Å². The van der Waals surface area contributed by atoms with Crippen LogP contribution in [0.25, 0.3) is 0 Å². The number of nitrogens with zero attached hydrogens (tertiary/aromatic N) is 1. The van der Waals surface area contributed by atoms with Gasteiger partial charge < -0.3 is 15.5 Å². The molecule has 1 aliphatic rings. The molecule has 1 fully saturated rings. The highest BCUT2D eigenvalue weighted by atomic mass is 16.2. The molecule has 2 N–H and O–H groups in total. The van der Waals surface area contributed by atoms with E-state index in [0.29, 0.717) is 26.1 Å². The van der Waals surface area contributed by atoms with Crippen molar-refractivity contribution in [2.24, 2.45) is 5.92 Å². The lowest BCUT2D eigenvalue weighted by Gasteiger charge is -2.17. The molecule has 2 aromatic carbocycles. The first-order valence-electron chi connectivity index (χ1n) is 9.08. The lowest BCUT2D eigenvalue weighted by Crippen LogP contribution is -2.38. The Labute approximate surface area is 154 Å². The van der Waals surface area contributed by atoms with Crippen LogP contribution in [0.3, 0.4) is 0 Å². The minimum atomic E-state index is -0.191. The van der Waals surface area contributed by atoms with Crippen molar-refractivity contribution in [3.63, 3.8) is 0 Å². The van der Waals surface area contributed by atoms with Crippen LogP contribution in [0.4, 0.5) is 4.79 Å². The molecule has 1 heterocycles. The summed E-state index contributed by atoms with van der Waals surface area (Å²) in [5.74, 6) is 0.359. The summed E-state index contributed by atoms with van der Waals surface area (Å²) < 4.78 is 0. The topological polar surface area (TPSA) is 61.4 Å². The molecule has 5 nitrogen and oxygen atoms in total. The van der Waals surface area contributed by atoms with Gasteiger partial charge in [-0.3, -0.25) is 4.79 Å². The molecule has 1 saturated heterocycles. The van der Waals surface area contributed by atoms with Gasteiger partial charge in [-0.1, -0.05) is 60.7 Å². The van der Waals surface area contributed by atoms with Gasteiger partial charge in [0.1, 0.15) is 0 Å². The quantitative estimate of drug-likeness (QED) is 0.805. The van der Waals surface area contributed by atoms with Crippen LogP contribution in [-0.2, 0) is 17.8 Å². The first kappa shape index (κ1) is 18.0. The van der Waals surface area contributed by atoms with Crippen LogP contribution >= 0.6 is 0 Å². The van der Waals surface area contributed by atoms with E-state index in [1.807, 2.05) is 53.4 Å². The largest absolute Gasteiger partial charge is 0.342 e. The van der Waals surface area contributed by atoms with Crippen molar-refractivity contribution in [2.75, 3.05) is 19.6 Å². The van der Waals surface area contributed by atoms with E-state index < -0.39 is 0 Å². The van der Waals surface area contributed by atoms with E-state index in [-0.39, 0.29) is 17.9 Å². The minimum Gasteiger partial charge on any atom is -0.342 e. The molecule has 0 aromatic heterocycles. The summed E-state index contributed by atoms with van der Waals surface area (Å²) in [6, 6.07) is 19.8. The standard InChI is InChI=1S/C21H25N3O2/c25-20-13-19(16-24(20)12-11-17-7-3-1-4-8-17)15-23-21(26)22-14-18-9-5-2-6-10-18/h1-10,19H,11-16H2,(H2,22,23,26). The molecule has 3 amide bonds. The Kier molecular flexibility index (Phi) is 6.25. The third-order valence-corrected chi connectivity index (χ3v) is 4.65. The van der Waals surface area contributed by atoms with Crippen LogP contribution in [-0.4, -0.2) is 36.5 Å². The number of likely N-dealkylation sites (tertiary alicyclic amines) is 1. The van der Waals surface area contributed by atoms with Crippen LogP contribution in [0.1, 0.15) is 17.5 Å². The highest BCUT2D eigenvalue weighted by Gasteiger charge is 2.29. The highest BCUT2D eigenvalue weighted by Crippen LogP contribution is 2.17. The molecule has 136 valence electrons. The summed E-state index contributed by atoms with van der Waals surface area (Å²) in [4.78, 5) is 26.0. The van der Waals surface area contributed by atoms with Gasteiger partial charge in [-0.05, 0) is 17.5 Å². The fraction of sp³-hybridized carbons (Fsp3) is 0.333. The average molecular weight is 351 g/mol. The molecule has 2 aromatic rings. The summed E-state index contributed by atoms with van der Waals surface area (Å²) in [6.07, 6.45) is 1.37. The SMILES string of the molecule is O=C(NCc1ccccc1)NCC1CC(=O)N(CCc2ccccc2)C1. The van der Waals surface area contributed by atoms with Crippen molar-refractivity contribution in [1.82, 2.24) is 15.5 Å². The Morgan fingerprint density at radius 1 is 0.962 bits per heavy atom. The Bertz CT molecular complexity index is 719. The van der Waals surface area contributed by atoms with Crippen LogP contribution in [0.2, 0.25) is 0 Å². The van der Waals surface area contributed by atoms with E-state index in [1.165, 1.54) is 5.56 Å². The fourth-order valence-electron chi connectivity index (χ4n) is 3.19. The second-order valence-corrected chi connectivity index (χ2v) is 6.69. The van der Waals surface area contributed by atoms with Crippen LogP contribution in [0, 0.1) is 5.92 Å². The van der Waals surface area contributed by atoms with Crippen LogP contribution in [0.5, 0.6) is 0 Å². The summed E-state index contributed by atoms with van der Waals surface area (Å²) in [5, 5.41) is 5.72. The summed E-state index contributed by atoms with van der Waals surface area (Å²) in [6.45, 7) is 2.47. The van der Waals surface area contributed by atoms with Crippen molar-refractivity contribution < 1.29 is 9.59 Å². The molecule has 0 radical (unpaired) electrons. The molecule has 3 rings (SSSR count). The second kappa shape index (κ2) is 9.04. The Morgan fingerprint density at radius 3 is 2.31 bits per heavy atom. The molecule has 1 aliphatic heterocycles. The number of hydrogen-bond donors (Lipinski definition) is 2. The van der Waals surface area contributed by atoms with Gasteiger partial charge in [0, 0.05) is 38.5 Å². The first-order valence-corrected chi connectivity index (χ1v) is 9.08. The van der Waals surface area contributed by atoms with Crippen molar-refractivity contribution in [3.8, 4) is 0 Å². The van der Waals surface area contributed by atoms with Gasteiger partial charge in [0.2, 0.25) is 5.91 Å². The van der Waals surface area contributed by atoms with Gasteiger partial charge in [-0.15, -0.1) is 0 Å². The normalized spacial score (nSPS) is 16.5. The van der Waals surface area contributed by atoms with Crippen LogP contribution in [0.15, 0.2) is 60.7 Å². The molecule has 0 aliphatic carbocycles. The molecule has 1 atom stereocenters. The second-order valence-electron chi connectivity index (χ2n) is 6.69. The third-order valence-electron chi connectivity index (χ3n) is 4.65. The van der Waals surface area contributed by atoms with E-state index in [4.69, 9.17) is 0 Å². The Morgan fingerprint density at radius 2 is 1.62 bits per heavy atom. The van der Waals surface area contributed by atoms with E-state index in [1.54, 1.807) is 0 Å². The molecule has 0 spiro atoms. The number of carbonyl (C=O) groups is 2. The molecule has 0 saturated carbocycles. The zero-order valence-corrected chi connectivity index (χ0v) is 14.9. The predicted octanol–water partition coefficient (Wildman–Crippen LogP) is 2.58. The number of amides is 3. The maximum Gasteiger partial charge on any atom is 0.315 e. The van der Waals surface area contributed by atoms with Gasteiger partial charge in [-0.25, -0.2) is 4.79 Å². The van der Waals surface area contributed by atoms with Crippen LogP contribution < -0.4 is 10.6 Å². The van der Waals surface area contributed by atoms with Gasteiger partial charge in [-0.2, -0.15) is 0 Å². The van der Waals surface area contributed by atoms with Crippen molar-refractivity contribution in [1.29, 1.82) is 0 Å². The summed E-state index contributed by atoms with van der Waals surface area (Å²) >= 11 is 0. The van der Waals surface area contributed by atoms with E-state index in [2.05, 4.69) is 22.8 Å². The molecule has 26 heavy (non-hydrogen) atoms. The third kappa shape index (κ3) is 5.34. The molecule has 5 heteroatoms. The number of urea groups is 1. The van der Waals surface area contributed by atoms with E-state index in [9.17, 15) is 9.59 Å². The number of benzene rings is 2. The van der Waals surface area contributed by atoms with Gasteiger partial charge in [0.25, 0.3) is 0 Å². The van der Waals surface area contributed by atoms with Crippen molar-refractivity contribution in [3.05, 3.63) is 71.8 Å². The maximum absolute atomic E-state index is 12.2. The average Bonchev–Trinajstić information content (AvgIpc) is 3.04. The Hall–Kier alpha value is -2.82. The van der Waals surface area contributed by atoms with E-state index in [0.717, 1.165) is 18.5 Å². The van der Waals surface area contributed by atoms with Crippen molar-refractivity contribution >= 4 is 11.9 Å². The fourth-order valence-corrected chi connectivity index (χ4v) is 3.19. The minimum absolute atomic E-state index is 0.178.